The van der Waals surface area contributed by atoms with Crippen LogP contribution in [0.25, 0.3) is 0 Å². The summed E-state index contributed by atoms with van der Waals surface area (Å²) in [5.41, 5.74) is 5.77. The van der Waals surface area contributed by atoms with Gasteiger partial charge < -0.3 is 16.2 Å². The first kappa shape index (κ1) is 13.7. The van der Waals surface area contributed by atoms with Crippen molar-refractivity contribution in [2.45, 2.75) is 31.8 Å². The van der Waals surface area contributed by atoms with Crippen LogP contribution in [0.5, 0.6) is 0 Å². The summed E-state index contributed by atoms with van der Waals surface area (Å²) in [5, 5.41) is 13.2. The molecule has 1 heterocycles. The van der Waals surface area contributed by atoms with E-state index >= 15 is 0 Å². The van der Waals surface area contributed by atoms with Crippen LogP contribution < -0.4 is 11.1 Å². The van der Waals surface area contributed by atoms with Crippen LogP contribution in [0.3, 0.4) is 0 Å². The van der Waals surface area contributed by atoms with Gasteiger partial charge in [0.2, 0.25) is 5.91 Å². The highest BCUT2D eigenvalue weighted by Crippen LogP contribution is 2.17. The van der Waals surface area contributed by atoms with Gasteiger partial charge in [-0.15, -0.1) is 11.3 Å². The van der Waals surface area contributed by atoms with E-state index < -0.39 is 12.0 Å². The summed E-state index contributed by atoms with van der Waals surface area (Å²) in [6.45, 7) is 1.82. The molecule has 0 aliphatic rings. The van der Waals surface area contributed by atoms with Gasteiger partial charge in [0, 0.05) is 10.9 Å². The molecule has 4 N–H and O–H groups in total. The summed E-state index contributed by atoms with van der Waals surface area (Å²) in [6, 6.07) is 2.51. The first-order valence-electron chi connectivity index (χ1n) is 5.35. The maximum atomic E-state index is 11.8. The van der Waals surface area contributed by atoms with Gasteiger partial charge in [0.25, 0.3) is 0 Å². The van der Waals surface area contributed by atoms with E-state index in [9.17, 15) is 9.59 Å². The van der Waals surface area contributed by atoms with Gasteiger partial charge in [-0.2, -0.15) is 0 Å². The molecule has 17 heavy (non-hydrogen) atoms. The van der Waals surface area contributed by atoms with Gasteiger partial charge in [0.1, 0.15) is 6.04 Å². The van der Waals surface area contributed by atoms with Gasteiger partial charge in [-0.1, -0.05) is 13.0 Å². The number of nitrogens with two attached hydrogens (primary N) is 1. The van der Waals surface area contributed by atoms with Crippen LogP contribution in [-0.2, 0) is 9.59 Å². The molecule has 0 fully saturated rings. The highest BCUT2D eigenvalue weighted by molar-refractivity contribution is 7.10. The van der Waals surface area contributed by atoms with Crippen LogP contribution in [0.15, 0.2) is 17.5 Å². The fourth-order valence-corrected chi connectivity index (χ4v) is 2.12. The first-order chi connectivity index (χ1) is 8.04. The third-order valence-electron chi connectivity index (χ3n) is 2.39. The molecule has 0 aliphatic heterocycles. The summed E-state index contributed by atoms with van der Waals surface area (Å²) in [6.07, 6.45) is 0.481. The van der Waals surface area contributed by atoms with Crippen molar-refractivity contribution in [2.24, 2.45) is 5.73 Å². The Morgan fingerprint density at radius 2 is 2.29 bits per heavy atom. The van der Waals surface area contributed by atoms with Crippen molar-refractivity contribution in [2.75, 3.05) is 0 Å². The Hall–Kier alpha value is -1.40. The average molecular weight is 256 g/mol. The molecule has 0 bridgehead atoms. The van der Waals surface area contributed by atoms with Gasteiger partial charge in [-0.05, 0) is 17.9 Å². The lowest BCUT2D eigenvalue weighted by atomic mass is 10.1. The number of amides is 1. The smallest absolute Gasteiger partial charge is 0.305 e. The number of aliphatic carboxylic acids is 1. The predicted octanol–water partition coefficient (Wildman–Crippen LogP) is 1.12. The third-order valence-corrected chi connectivity index (χ3v) is 3.35. The van der Waals surface area contributed by atoms with Crippen LogP contribution in [-0.4, -0.2) is 23.0 Å². The van der Waals surface area contributed by atoms with Crippen LogP contribution in [0.1, 0.15) is 30.7 Å². The fourth-order valence-electron chi connectivity index (χ4n) is 1.40. The van der Waals surface area contributed by atoms with Crippen molar-refractivity contribution >= 4 is 23.2 Å². The summed E-state index contributed by atoms with van der Waals surface area (Å²) in [4.78, 5) is 23.1. The lowest BCUT2D eigenvalue weighted by Gasteiger charge is -2.17. The van der Waals surface area contributed by atoms with E-state index in [1.54, 1.807) is 6.07 Å². The zero-order chi connectivity index (χ0) is 12.8. The van der Waals surface area contributed by atoms with Crippen LogP contribution in [0.2, 0.25) is 0 Å². The molecule has 1 amide bonds. The lowest BCUT2D eigenvalue weighted by Crippen LogP contribution is -2.41. The van der Waals surface area contributed by atoms with Gasteiger partial charge in [-0.25, -0.2) is 0 Å². The Balaban J connectivity index is 2.55. The number of carbonyl (C=O) groups excluding carboxylic acids is 1. The first-order valence-corrected chi connectivity index (χ1v) is 6.23. The van der Waals surface area contributed by atoms with Gasteiger partial charge in [0.15, 0.2) is 0 Å². The van der Waals surface area contributed by atoms with Crippen molar-refractivity contribution in [3.63, 3.8) is 0 Å². The fraction of sp³-hybridized carbons (Fsp3) is 0.455. The second-order valence-corrected chi connectivity index (χ2v) is 4.68. The number of nitrogens with one attached hydrogen (secondary N) is 1. The Kier molecular flexibility index (Phi) is 5.11. The maximum Gasteiger partial charge on any atom is 0.305 e. The normalized spacial score (nSPS) is 14.0. The summed E-state index contributed by atoms with van der Waals surface area (Å²) in [7, 11) is 0. The van der Waals surface area contributed by atoms with Gasteiger partial charge in [0.05, 0.1) is 6.42 Å². The zero-order valence-electron chi connectivity index (χ0n) is 9.55. The lowest BCUT2D eigenvalue weighted by molar-refractivity contribution is -0.137. The number of carboxylic acid groups (broad SMARTS) is 1. The zero-order valence-corrected chi connectivity index (χ0v) is 10.4. The minimum absolute atomic E-state index is 0.0839. The van der Waals surface area contributed by atoms with E-state index in [-0.39, 0.29) is 18.4 Å². The van der Waals surface area contributed by atoms with Crippen molar-refractivity contribution in [3.8, 4) is 0 Å². The summed E-state index contributed by atoms with van der Waals surface area (Å²) >= 11 is 1.41. The molecule has 0 radical (unpaired) electrons. The van der Waals surface area contributed by atoms with E-state index in [0.717, 1.165) is 4.88 Å². The topological polar surface area (TPSA) is 92.4 Å². The molecule has 94 valence electrons. The monoisotopic (exact) mass is 256 g/mol. The van der Waals surface area contributed by atoms with E-state index in [1.165, 1.54) is 11.3 Å². The summed E-state index contributed by atoms with van der Waals surface area (Å²) < 4.78 is 0. The van der Waals surface area contributed by atoms with Crippen LogP contribution in [0, 0.1) is 0 Å². The van der Waals surface area contributed by atoms with E-state index in [4.69, 9.17) is 10.8 Å². The largest absolute Gasteiger partial charge is 0.481 e. The number of carbonyl (C=O) groups is 2. The average Bonchev–Trinajstić information content (AvgIpc) is 2.79. The molecule has 5 nitrogen and oxygen atoms in total. The van der Waals surface area contributed by atoms with Crippen LogP contribution in [0.4, 0.5) is 0 Å². The SMILES string of the molecule is CCC(CC(=O)O)NC(=O)C(N)c1cccs1. The Labute approximate surface area is 104 Å². The minimum atomic E-state index is -0.929. The van der Waals surface area contributed by atoms with E-state index in [2.05, 4.69) is 5.32 Å². The number of hydrogen-bond donors (Lipinski definition) is 3. The van der Waals surface area contributed by atoms with Crippen molar-refractivity contribution < 1.29 is 14.7 Å². The number of rotatable bonds is 6. The standard InChI is InChI=1S/C11H16N2O3S/c1-2-7(6-9(14)15)13-11(16)10(12)8-4-3-5-17-8/h3-5,7,10H,2,6,12H2,1H3,(H,13,16)(H,14,15). The van der Waals surface area contributed by atoms with Gasteiger partial charge in [-0.3, -0.25) is 9.59 Å². The molecule has 1 aromatic rings. The maximum absolute atomic E-state index is 11.8. The Morgan fingerprint density at radius 1 is 1.59 bits per heavy atom. The molecule has 0 aromatic carbocycles. The molecular weight excluding hydrogens is 240 g/mol. The number of carboxylic acids is 1. The summed E-state index contributed by atoms with van der Waals surface area (Å²) in [5.74, 6) is -1.26. The number of hydrogen-bond acceptors (Lipinski definition) is 4. The molecule has 6 heteroatoms. The predicted molar refractivity (Wildman–Crippen MR) is 65.7 cm³/mol. The Bertz CT molecular complexity index is 378. The molecular formula is C11H16N2O3S. The highest BCUT2D eigenvalue weighted by Gasteiger charge is 2.20. The molecule has 1 rings (SSSR count). The molecule has 0 spiro atoms. The van der Waals surface area contributed by atoms with Crippen molar-refractivity contribution in [1.82, 2.24) is 5.32 Å². The molecule has 1 aromatic heterocycles. The van der Waals surface area contributed by atoms with E-state index in [0.29, 0.717) is 6.42 Å². The third kappa shape index (κ3) is 4.16. The Morgan fingerprint density at radius 3 is 2.76 bits per heavy atom. The molecule has 0 aliphatic carbocycles. The molecule has 0 saturated heterocycles. The van der Waals surface area contributed by atoms with Crippen LogP contribution >= 0.6 is 11.3 Å². The molecule has 2 unspecified atom stereocenters. The molecule has 0 saturated carbocycles. The second kappa shape index (κ2) is 6.36. The van der Waals surface area contributed by atoms with Gasteiger partial charge >= 0.3 is 5.97 Å². The minimum Gasteiger partial charge on any atom is -0.481 e. The second-order valence-electron chi connectivity index (χ2n) is 3.70. The quantitative estimate of drug-likeness (QED) is 0.711. The van der Waals surface area contributed by atoms with Crippen molar-refractivity contribution in [3.05, 3.63) is 22.4 Å². The molecule has 2 atom stereocenters. The highest BCUT2D eigenvalue weighted by atomic mass is 32.1. The van der Waals surface area contributed by atoms with E-state index in [1.807, 2.05) is 18.4 Å². The van der Waals surface area contributed by atoms with Crippen molar-refractivity contribution in [1.29, 1.82) is 0 Å². The number of thiophene rings is 1.